The minimum atomic E-state index is 0.767. The quantitative estimate of drug-likeness (QED) is 0.481. The Balaban J connectivity index is 2.21. The molecule has 4 heteroatoms. The summed E-state index contributed by atoms with van der Waals surface area (Å²) in [7, 11) is 0. The van der Waals surface area contributed by atoms with Crippen LogP contribution in [-0.2, 0) is 0 Å². The maximum atomic E-state index is 8.47. The van der Waals surface area contributed by atoms with Gasteiger partial charge in [-0.3, -0.25) is 0 Å². The van der Waals surface area contributed by atoms with Crippen molar-refractivity contribution in [1.29, 1.82) is 0 Å². The molecule has 86 valence electrons. The van der Waals surface area contributed by atoms with Crippen LogP contribution in [0.2, 0.25) is 0 Å². The Hall–Kier alpha value is -2.36. The average Bonchev–Trinajstić information content (AvgIpc) is 2.34. The van der Waals surface area contributed by atoms with Crippen molar-refractivity contribution in [3.8, 4) is 0 Å². The number of aromatic nitrogens is 1. The van der Waals surface area contributed by atoms with E-state index in [2.05, 4.69) is 15.5 Å². The number of pyridine rings is 1. The van der Waals surface area contributed by atoms with Gasteiger partial charge in [-0.15, -0.1) is 0 Å². The monoisotopic (exact) mass is 227 g/mol. The molecule has 0 aliphatic carbocycles. The largest absolute Gasteiger partial charge is 0.411 e. The molecule has 0 spiro atoms. The van der Waals surface area contributed by atoms with Gasteiger partial charge < -0.3 is 10.5 Å². The molecule has 1 aromatic carbocycles. The maximum absolute atomic E-state index is 8.47. The van der Waals surface area contributed by atoms with E-state index in [4.69, 9.17) is 5.21 Å². The van der Waals surface area contributed by atoms with Crippen molar-refractivity contribution in [1.82, 2.24) is 4.98 Å². The first kappa shape index (κ1) is 11.1. The number of hydrogen-bond donors (Lipinski definition) is 2. The van der Waals surface area contributed by atoms with Crippen LogP contribution in [0.1, 0.15) is 11.1 Å². The van der Waals surface area contributed by atoms with Crippen molar-refractivity contribution in [2.75, 3.05) is 5.32 Å². The highest BCUT2D eigenvalue weighted by Crippen LogP contribution is 2.16. The molecule has 0 saturated carbocycles. The first-order chi connectivity index (χ1) is 8.29. The summed E-state index contributed by atoms with van der Waals surface area (Å²) < 4.78 is 0. The van der Waals surface area contributed by atoms with Gasteiger partial charge in [0.05, 0.1) is 6.21 Å². The van der Waals surface area contributed by atoms with Crippen molar-refractivity contribution in [3.05, 3.63) is 53.7 Å². The summed E-state index contributed by atoms with van der Waals surface area (Å²) in [4.78, 5) is 4.24. The van der Waals surface area contributed by atoms with Crippen molar-refractivity contribution >= 4 is 17.7 Å². The Bertz CT molecular complexity index is 523. The lowest BCUT2D eigenvalue weighted by Gasteiger charge is -2.07. The van der Waals surface area contributed by atoms with Crippen LogP contribution >= 0.6 is 0 Å². The summed E-state index contributed by atoms with van der Waals surface area (Å²) in [6, 6.07) is 11.7. The van der Waals surface area contributed by atoms with Crippen molar-refractivity contribution in [2.24, 2.45) is 5.16 Å². The molecule has 0 amide bonds. The topological polar surface area (TPSA) is 57.5 Å². The number of anilines is 2. The fourth-order valence-corrected chi connectivity index (χ4v) is 1.50. The Kier molecular flexibility index (Phi) is 3.35. The van der Waals surface area contributed by atoms with E-state index >= 15 is 0 Å². The van der Waals surface area contributed by atoms with E-state index in [0.29, 0.717) is 0 Å². The van der Waals surface area contributed by atoms with Crippen molar-refractivity contribution < 1.29 is 5.21 Å². The van der Waals surface area contributed by atoms with E-state index in [1.807, 2.05) is 43.3 Å². The Morgan fingerprint density at radius 1 is 1.29 bits per heavy atom. The second kappa shape index (κ2) is 5.12. The molecule has 1 heterocycles. The van der Waals surface area contributed by atoms with Crippen molar-refractivity contribution in [3.63, 3.8) is 0 Å². The zero-order chi connectivity index (χ0) is 12.1. The Labute approximate surface area is 99.6 Å². The molecular formula is C13H13N3O. The van der Waals surface area contributed by atoms with E-state index in [-0.39, 0.29) is 0 Å². The van der Waals surface area contributed by atoms with Crippen LogP contribution in [0.4, 0.5) is 11.5 Å². The molecule has 0 aliphatic rings. The summed E-state index contributed by atoms with van der Waals surface area (Å²) in [6.07, 6.45) is 3.04. The van der Waals surface area contributed by atoms with E-state index in [1.54, 1.807) is 6.20 Å². The van der Waals surface area contributed by atoms with Gasteiger partial charge in [-0.1, -0.05) is 23.4 Å². The minimum Gasteiger partial charge on any atom is -0.411 e. The number of rotatable bonds is 3. The second-order valence-electron chi connectivity index (χ2n) is 3.66. The summed E-state index contributed by atoms with van der Waals surface area (Å²) >= 11 is 0. The van der Waals surface area contributed by atoms with E-state index < -0.39 is 0 Å². The molecule has 0 radical (unpaired) electrons. The number of para-hydroxylation sites is 1. The zero-order valence-electron chi connectivity index (χ0n) is 9.46. The van der Waals surface area contributed by atoms with Gasteiger partial charge in [0.2, 0.25) is 0 Å². The molecule has 17 heavy (non-hydrogen) atoms. The van der Waals surface area contributed by atoms with Gasteiger partial charge in [-0.25, -0.2) is 4.98 Å². The van der Waals surface area contributed by atoms with Crippen LogP contribution in [0.15, 0.2) is 47.8 Å². The van der Waals surface area contributed by atoms with Crippen LogP contribution in [-0.4, -0.2) is 16.4 Å². The summed E-state index contributed by atoms with van der Waals surface area (Å²) in [5.41, 5.74) is 2.78. The first-order valence-electron chi connectivity index (χ1n) is 5.26. The van der Waals surface area contributed by atoms with Gasteiger partial charge in [0.25, 0.3) is 0 Å². The van der Waals surface area contributed by atoms with Gasteiger partial charge in [0.1, 0.15) is 5.82 Å². The van der Waals surface area contributed by atoms with Gasteiger partial charge in [-0.05, 0) is 30.7 Å². The fraction of sp³-hybridized carbons (Fsp3) is 0.0769. The van der Waals surface area contributed by atoms with Gasteiger partial charge >= 0.3 is 0 Å². The molecule has 0 unspecified atom stereocenters. The first-order valence-corrected chi connectivity index (χ1v) is 5.26. The SMILES string of the molecule is Cc1cc(Nc2ccccc2)ncc1C=NO. The molecule has 2 N–H and O–H groups in total. The standard InChI is InChI=1S/C13H13N3O/c1-10-7-13(14-8-11(10)9-15-17)16-12-5-3-2-4-6-12/h2-9,17H,1H3,(H,14,16). The average molecular weight is 227 g/mol. The third-order valence-electron chi connectivity index (χ3n) is 2.39. The third-order valence-corrected chi connectivity index (χ3v) is 2.39. The van der Waals surface area contributed by atoms with Crippen molar-refractivity contribution in [2.45, 2.75) is 6.92 Å². The number of benzene rings is 1. The lowest BCUT2D eigenvalue weighted by Crippen LogP contribution is -1.96. The van der Waals surface area contributed by atoms with Gasteiger partial charge in [0, 0.05) is 17.4 Å². The lowest BCUT2D eigenvalue weighted by atomic mass is 10.2. The number of nitrogens with zero attached hydrogens (tertiary/aromatic N) is 2. The molecule has 0 bridgehead atoms. The normalized spacial score (nSPS) is 10.6. The third kappa shape index (κ3) is 2.81. The molecule has 2 aromatic rings. The molecule has 0 saturated heterocycles. The number of oxime groups is 1. The predicted molar refractivity (Wildman–Crippen MR) is 68.1 cm³/mol. The highest BCUT2D eigenvalue weighted by atomic mass is 16.4. The lowest BCUT2D eigenvalue weighted by molar-refractivity contribution is 0.322. The minimum absolute atomic E-state index is 0.767. The second-order valence-corrected chi connectivity index (χ2v) is 3.66. The Morgan fingerprint density at radius 2 is 2.06 bits per heavy atom. The highest BCUT2D eigenvalue weighted by molar-refractivity contribution is 5.81. The summed E-state index contributed by atoms with van der Waals surface area (Å²) in [5, 5.41) is 14.7. The molecule has 0 aliphatic heterocycles. The molecule has 0 atom stereocenters. The van der Waals surface area contributed by atoms with Crippen LogP contribution in [0, 0.1) is 6.92 Å². The van der Waals surface area contributed by atoms with Crippen LogP contribution in [0.25, 0.3) is 0 Å². The summed E-state index contributed by atoms with van der Waals surface area (Å²) in [6.45, 7) is 1.94. The number of nitrogens with one attached hydrogen (secondary N) is 1. The van der Waals surface area contributed by atoms with Gasteiger partial charge in [-0.2, -0.15) is 0 Å². The number of hydrogen-bond acceptors (Lipinski definition) is 4. The predicted octanol–water partition coefficient (Wildman–Crippen LogP) is 2.94. The zero-order valence-corrected chi connectivity index (χ0v) is 9.46. The van der Waals surface area contributed by atoms with Crippen LogP contribution < -0.4 is 5.32 Å². The fourth-order valence-electron chi connectivity index (χ4n) is 1.50. The maximum Gasteiger partial charge on any atom is 0.130 e. The Morgan fingerprint density at radius 3 is 2.71 bits per heavy atom. The molecule has 4 nitrogen and oxygen atoms in total. The van der Waals surface area contributed by atoms with E-state index in [9.17, 15) is 0 Å². The molecule has 1 aromatic heterocycles. The summed E-state index contributed by atoms with van der Waals surface area (Å²) in [5.74, 6) is 0.767. The molecular weight excluding hydrogens is 214 g/mol. The van der Waals surface area contributed by atoms with Gasteiger partial charge in [0.15, 0.2) is 0 Å². The van der Waals surface area contributed by atoms with E-state index in [1.165, 1.54) is 6.21 Å². The van der Waals surface area contributed by atoms with Crippen LogP contribution in [0.3, 0.4) is 0 Å². The smallest absolute Gasteiger partial charge is 0.130 e. The highest BCUT2D eigenvalue weighted by Gasteiger charge is 2.00. The van der Waals surface area contributed by atoms with Crippen LogP contribution in [0.5, 0.6) is 0 Å². The van der Waals surface area contributed by atoms with E-state index in [0.717, 1.165) is 22.6 Å². The number of aryl methyl sites for hydroxylation is 1. The molecule has 2 rings (SSSR count). The molecule has 0 fully saturated rings.